The number of ether oxygens (including phenoxy) is 3. The Kier molecular flexibility index (Phi) is 8.12. The molecule has 0 spiro atoms. The Hall–Kier alpha value is -3.87. The van der Waals surface area contributed by atoms with Gasteiger partial charge in [-0.15, -0.1) is 0 Å². The zero-order valence-corrected chi connectivity index (χ0v) is 18.6. The number of rotatable bonds is 8. The number of benzene rings is 2. The fourth-order valence-corrected chi connectivity index (χ4v) is 3.36. The van der Waals surface area contributed by atoms with Crippen LogP contribution in [-0.4, -0.2) is 56.3 Å². The van der Waals surface area contributed by atoms with E-state index >= 15 is 0 Å². The van der Waals surface area contributed by atoms with Gasteiger partial charge in [0.1, 0.15) is 0 Å². The van der Waals surface area contributed by atoms with E-state index in [1.807, 2.05) is 0 Å². The van der Waals surface area contributed by atoms with E-state index in [-0.39, 0.29) is 23.6 Å². The van der Waals surface area contributed by atoms with Gasteiger partial charge in [-0.3, -0.25) is 14.9 Å². The second-order valence-electron chi connectivity index (χ2n) is 7.33. The van der Waals surface area contributed by atoms with Crippen molar-refractivity contribution >= 4 is 28.9 Å². The Balaban J connectivity index is 1.72. The Morgan fingerprint density at radius 2 is 1.89 bits per heavy atom. The van der Waals surface area contributed by atoms with Gasteiger partial charge < -0.3 is 24.4 Å². The summed E-state index contributed by atoms with van der Waals surface area (Å²) in [7, 11) is 0. The molecule has 2 aromatic carbocycles. The number of anilines is 2. The average molecular weight is 497 g/mol. The highest BCUT2D eigenvalue weighted by molar-refractivity contribution is 5.98. The summed E-state index contributed by atoms with van der Waals surface area (Å²) in [5, 5.41) is 13.6. The number of carbonyl (C=O) groups is 2. The van der Waals surface area contributed by atoms with Crippen LogP contribution >= 0.6 is 0 Å². The molecule has 13 heteroatoms. The molecular formula is C22H22F3N3O7. The molecule has 0 unspecified atom stereocenters. The van der Waals surface area contributed by atoms with E-state index < -0.39 is 40.8 Å². The number of esters is 1. The van der Waals surface area contributed by atoms with Gasteiger partial charge in [0.15, 0.2) is 12.4 Å². The molecule has 1 fully saturated rings. The third-order valence-corrected chi connectivity index (χ3v) is 4.98. The minimum Gasteiger partial charge on any atom is -0.487 e. The SMILES string of the molecule is CCOc1ccc(C(=O)OCC(=O)Nc2cc(C(F)(F)F)ccc2N2CCOCC2)cc1[N+](=O)[O-]. The first-order valence-electron chi connectivity index (χ1n) is 10.5. The van der Waals surface area contributed by atoms with Crippen LogP contribution in [0.3, 0.4) is 0 Å². The number of morpholine rings is 1. The molecule has 0 radical (unpaired) electrons. The van der Waals surface area contributed by atoms with Gasteiger partial charge in [-0.1, -0.05) is 0 Å². The zero-order chi connectivity index (χ0) is 25.6. The lowest BCUT2D eigenvalue weighted by Crippen LogP contribution is -2.37. The van der Waals surface area contributed by atoms with Crippen molar-refractivity contribution in [2.24, 2.45) is 0 Å². The smallest absolute Gasteiger partial charge is 0.416 e. The Morgan fingerprint density at radius 1 is 1.17 bits per heavy atom. The minimum atomic E-state index is -4.63. The van der Waals surface area contributed by atoms with E-state index in [1.165, 1.54) is 18.2 Å². The predicted octanol–water partition coefficient (Wildman–Crippen LogP) is 3.64. The van der Waals surface area contributed by atoms with Crippen molar-refractivity contribution in [1.29, 1.82) is 0 Å². The molecule has 10 nitrogen and oxygen atoms in total. The van der Waals surface area contributed by atoms with Crippen LogP contribution in [0.15, 0.2) is 36.4 Å². The molecule has 1 aliphatic rings. The van der Waals surface area contributed by atoms with Gasteiger partial charge in [0.25, 0.3) is 5.91 Å². The number of alkyl halides is 3. The number of nitrogens with zero attached hydrogens (tertiary/aromatic N) is 2. The molecular weight excluding hydrogens is 475 g/mol. The van der Waals surface area contributed by atoms with E-state index in [0.29, 0.717) is 32.0 Å². The van der Waals surface area contributed by atoms with Crippen molar-refractivity contribution in [3.05, 3.63) is 57.6 Å². The molecule has 188 valence electrons. The van der Waals surface area contributed by atoms with Crippen molar-refractivity contribution in [2.45, 2.75) is 13.1 Å². The Morgan fingerprint density at radius 3 is 2.51 bits per heavy atom. The summed E-state index contributed by atoms with van der Waals surface area (Å²) < 4.78 is 55.0. The quantitative estimate of drug-likeness (QED) is 0.334. The summed E-state index contributed by atoms with van der Waals surface area (Å²) in [5.41, 5.74) is -1.34. The Labute approximate surface area is 197 Å². The summed E-state index contributed by atoms with van der Waals surface area (Å²) in [6.07, 6.45) is -4.63. The van der Waals surface area contributed by atoms with Gasteiger partial charge in [0, 0.05) is 19.2 Å². The molecule has 35 heavy (non-hydrogen) atoms. The first-order chi connectivity index (χ1) is 16.6. The molecule has 0 atom stereocenters. The van der Waals surface area contributed by atoms with Gasteiger partial charge >= 0.3 is 17.8 Å². The summed E-state index contributed by atoms with van der Waals surface area (Å²) in [6.45, 7) is 2.57. The van der Waals surface area contributed by atoms with Crippen molar-refractivity contribution in [2.75, 3.05) is 49.7 Å². The summed E-state index contributed by atoms with van der Waals surface area (Å²) in [6, 6.07) is 6.40. The van der Waals surface area contributed by atoms with Gasteiger partial charge in [0.05, 0.1) is 47.2 Å². The topological polar surface area (TPSA) is 120 Å². The zero-order valence-electron chi connectivity index (χ0n) is 18.6. The molecule has 1 N–H and O–H groups in total. The minimum absolute atomic E-state index is 0.0352. The highest BCUT2D eigenvalue weighted by Gasteiger charge is 2.32. The van der Waals surface area contributed by atoms with Gasteiger partial charge in [-0.2, -0.15) is 13.2 Å². The number of hydrogen-bond donors (Lipinski definition) is 1. The van der Waals surface area contributed by atoms with Crippen molar-refractivity contribution < 1.29 is 41.9 Å². The van der Waals surface area contributed by atoms with Crippen molar-refractivity contribution in [1.82, 2.24) is 0 Å². The molecule has 2 aromatic rings. The van der Waals surface area contributed by atoms with Crippen LogP contribution in [0.2, 0.25) is 0 Å². The third-order valence-electron chi connectivity index (χ3n) is 4.98. The third kappa shape index (κ3) is 6.59. The average Bonchev–Trinajstić information content (AvgIpc) is 2.82. The van der Waals surface area contributed by atoms with Crippen molar-refractivity contribution in [3.63, 3.8) is 0 Å². The lowest BCUT2D eigenvalue weighted by molar-refractivity contribution is -0.385. The summed E-state index contributed by atoms with van der Waals surface area (Å²) in [5.74, 6) is -1.94. The number of amides is 1. The maximum atomic E-state index is 13.2. The van der Waals surface area contributed by atoms with Crippen molar-refractivity contribution in [3.8, 4) is 5.75 Å². The van der Waals surface area contributed by atoms with Gasteiger partial charge in [-0.05, 0) is 37.3 Å². The molecule has 0 saturated carbocycles. The Bertz CT molecular complexity index is 1100. The highest BCUT2D eigenvalue weighted by Crippen LogP contribution is 2.36. The molecule has 1 heterocycles. The van der Waals surface area contributed by atoms with E-state index in [1.54, 1.807) is 11.8 Å². The standard InChI is InChI=1S/C22H22F3N3O7/c1-2-34-19-6-3-14(11-18(19)28(31)32)21(30)35-13-20(29)26-16-12-15(22(23,24)25)4-5-17(16)27-7-9-33-10-8-27/h3-6,11-12H,2,7-10,13H2,1H3,(H,26,29). The van der Waals surface area contributed by atoms with Crippen LogP contribution in [0, 0.1) is 10.1 Å². The number of halogens is 3. The number of nitro benzene ring substituents is 1. The summed E-state index contributed by atoms with van der Waals surface area (Å²) in [4.78, 5) is 37.0. The number of carbonyl (C=O) groups excluding carboxylic acids is 2. The van der Waals surface area contributed by atoms with E-state index in [0.717, 1.165) is 18.2 Å². The lowest BCUT2D eigenvalue weighted by atomic mass is 10.1. The molecule has 1 amide bonds. The molecule has 3 rings (SSSR count). The second kappa shape index (κ2) is 11.0. The first kappa shape index (κ1) is 25.7. The van der Waals surface area contributed by atoms with Crippen LogP contribution in [0.5, 0.6) is 5.75 Å². The fourth-order valence-electron chi connectivity index (χ4n) is 3.36. The predicted molar refractivity (Wildman–Crippen MR) is 118 cm³/mol. The van der Waals surface area contributed by atoms with Crippen LogP contribution in [0.4, 0.5) is 30.2 Å². The maximum Gasteiger partial charge on any atom is 0.416 e. The monoisotopic (exact) mass is 497 g/mol. The van der Waals surface area contributed by atoms with Gasteiger partial charge in [0.2, 0.25) is 0 Å². The van der Waals surface area contributed by atoms with E-state index in [9.17, 15) is 32.9 Å². The number of nitro groups is 1. The van der Waals surface area contributed by atoms with Crippen LogP contribution in [-0.2, 0) is 20.4 Å². The largest absolute Gasteiger partial charge is 0.487 e. The van der Waals surface area contributed by atoms with E-state index in [4.69, 9.17) is 14.2 Å². The molecule has 1 aliphatic heterocycles. The fraction of sp³-hybridized carbons (Fsp3) is 0.364. The van der Waals surface area contributed by atoms with Crippen LogP contribution < -0.4 is 15.0 Å². The van der Waals surface area contributed by atoms with E-state index in [2.05, 4.69) is 5.32 Å². The van der Waals surface area contributed by atoms with Crippen LogP contribution in [0.1, 0.15) is 22.8 Å². The van der Waals surface area contributed by atoms with Crippen LogP contribution in [0.25, 0.3) is 0 Å². The first-order valence-corrected chi connectivity index (χ1v) is 10.5. The molecule has 0 bridgehead atoms. The second-order valence-corrected chi connectivity index (χ2v) is 7.33. The molecule has 0 aromatic heterocycles. The number of nitrogens with one attached hydrogen (secondary N) is 1. The normalized spacial score (nSPS) is 13.8. The van der Waals surface area contributed by atoms with Gasteiger partial charge in [-0.25, -0.2) is 4.79 Å². The molecule has 1 saturated heterocycles. The highest BCUT2D eigenvalue weighted by atomic mass is 19.4. The summed E-state index contributed by atoms with van der Waals surface area (Å²) >= 11 is 0. The number of hydrogen-bond acceptors (Lipinski definition) is 8. The molecule has 0 aliphatic carbocycles. The maximum absolute atomic E-state index is 13.2. The lowest BCUT2D eigenvalue weighted by Gasteiger charge is -2.31.